The maximum atomic E-state index is 12.9. The number of hydrogen-bond acceptors (Lipinski definition) is 2. The van der Waals surface area contributed by atoms with Crippen molar-refractivity contribution in [2.75, 3.05) is 26.2 Å². The smallest absolute Gasteiger partial charge is 0.254 e. The van der Waals surface area contributed by atoms with Crippen LogP contribution in [0.2, 0.25) is 0 Å². The second kappa shape index (κ2) is 5.70. The first kappa shape index (κ1) is 15.6. The van der Waals surface area contributed by atoms with E-state index in [4.69, 9.17) is 0 Å². The zero-order valence-corrected chi connectivity index (χ0v) is 15.2. The molecule has 5 rings (SSSR count). The van der Waals surface area contributed by atoms with Gasteiger partial charge in [-0.1, -0.05) is 30.4 Å². The molecule has 4 aliphatic rings. The Hall–Kier alpha value is -1.61. The summed E-state index contributed by atoms with van der Waals surface area (Å²) < 4.78 is 0. The third-order valence-corrected chi connectivity index (χ3v) is 7.33. The number of allylic oxidation sites excluding steroid dienone is 2. The molecule has 2 aliphatic carbocycles. The number of piperidine rings is 1. The van der Waals surface area contributed by atoms with Gasteiger partial charge in [-0.3, -0.25) is 4.79 Å². The summed E-state index contributed by atoms with van der Waals surface area (Å²) >= 11 is 0. The second-order valence-electron chi connectivity index (χ2n) is 8.47. The summed E-state index contributed by atoms with van der Waals surface area (Å²) in [6.45, 7) is 6.43. The zero-order valence-electron chi connectivity index (χ0n) is 15.2. The van der Waals surface area contributed by atoms with Crippen LogP contribution in [0.4, 0.5) is 0 Å². The van der Waals surface area contributed by atoms with Gasteiger partial charge in [0.1, 0.15) is 0 Å². The number of hydrogen-bond donors (Lipinski definition) is 0. The van der Waals surface area contributed by atoms with Crippen LogP contribution in [0.1, 0.15) is 48.5 Å². The fourth-order valence-corrected chi connectivity index (χ4v) is 6.09. The van der Waals surface area contributed by atoms with Gasteiger partial charge in [-0.15, -0.1) is 0 Å². The Bertz CT molecular complexity index is 716. The molecule has 1 saturated heterocycles. The van der Waals surface area contributed by atoms with Gasteiger partial charge in [0.25, 0.3) is 5.91 Å². The Kier molecular flexibility index (Phi) is 3.56. The van der Waals surface area contributed by atoms with Crippen LogP contribution >= 0.6 is 0 Å². The van der Waals surface area contributed by atoms with Crippen molar-refractivity contribution in [1.82, 2.24) is 9.80 Å². The van der Waals surface area contributed by atoms with Crippen LogP contribution < -0.4 is 0 Å². The lowest BCUT2D eigenvalue weighted by Crippen LogP contribution is -2.52. The predicted octanol–water partition coefficient (Wildman–Crippen LogP) is 3.67. The first-order chi connectivity index (χ1) is 12.2. The lowest BCUT2D eigenvalue weighted by molar-refractivity contribution is 0.0254. The van der Waals surface area contributed by atoms with Gasteiger partial charge in [-0.25, -0.2) is 0 Å². The number of amides is 1. The predicted molar refractivity (Wildman–Crippen MR) is 99.3 cm³/mol. The first-order valence-electron chi connectivity index (χ1n) is 10.0. The molecule has 3 unspecified atom stereocenters. The van der Waals surface area contributed by atoms with Crippen LogP contribution in [0.15, 0.2) is 36.4 Å². The molecule has 0 aromatic heterocycles. The van der Waals surface area contributed by atoms with Gasteiger partial charge < -0.3 is 9.80 Å². The van der Waals surface area contributed by atoms with E-state index in [-0.39, 0.29) is 11.4 Å². The average Bonchev–Trinajstić information content (AvgIpc) is 3.31. The Morgan fingerprint density at radius 3 is 2.60 bits per heavy atom. The molecule has 2 fully saturated rings. The number of fused-ring (bicyclic) bond motifs is 4. The molecule has 0 N–H and O–H groups in total. The van der Waals surface area contributed by atoms with Crippen molar-refractivity contribution in [3.63, 3.8) is 0 Å². The third-order valence-electron chi connectivity index (χ3n) is 7.33. The molecule has 2 aliphatic heterocycles. The van der Waals surface area contributed by atoms with E-state index in [1.165, 1.54) is 24.9 Å². The molecule has 1 amide bonds. The molecule has 3 atom stereocenters. The number of carbonyl (C=O) groups is 1. The maximum absolute atomic E-state index is 12.9. The molecule has 1 aromatic carbocycles. The van der Waals surface area contributed by atoms with Gasteiger partial charge in [0, 0.05) is 31.7 Å². The van der Waals surface area contributed by atoms with Crippen molar-refractivity contribution in [2.24, 2.45) is 17.8 Å². The fraction of sp³-hybridized carbons (Fsp3) is 0.591. The van der Waals surface area contributed by atoms with Crippen LogP contribution in [0.3, 0.4) is 0 Å². The monoisotopic (exact) mass is 336 g/mol. The number of likely N-dealkylation sites (tertiary alicyclic amines) is 1. The van der Waals surface area contributed by atoms with Gasteiger partial charge in [-0.2, -0.15) is 0 Å². The number of nitrogens with zero attached hydrogens (tertiary/aromatic N) is 2. The minimum Gasteiger partial charge on any atom is -0.329 e. The molecule has 132 valence electrons. The van der Waals surface area contributed by atoms with E-state index in [0.717, 1.165) is 55.8 Å². The number of rotatable bonds is 3. The number of carbonyl (C=O) groups excluding carboxylic acids is 1. The fourth-order valence-electron chi connectivity index (χ4n) is 6.09. The molecule has 0 radical (unpaired) electrons. The van der Waals surface area contributed by atoms with Gasteiger partial charge in [0.2, 0.25) is 0 Å². The van der Waals surface area contributed by atoms with Crippen molar-refractivity contribution >= 4 is 5.91 Å². The molecule has 1 saturated carbocycles. The SMILES string of the molecule is CCN1C(=O)c2ccccc2C12CCN(CC1CC3C=CC1C3)CC2. The van der Waals surface area contributed by atoms with Crippen molar-refractivity contribution in [1.29, 1.82) is 0 Å². The van der Waals surface area contributed by atoms with Gasteiger partial charge in [0.05, 0.1) is 5.54 Å². The van der Waals surface area contributed by atoms with E-state index in [0.29, 0.717) is 0 Å². The first-order valence-corrected chi connectivity index (χ1v) is 10.0. The normalized spacial score (nSPS) is 32.8. The molecule has 2 bridgehead atoms. The minimum atomic E-state index is -0.0481. The van der Waals surface area contributed by atoms with Crippen LogP contribution in [0.5, 0.6) is 0 Å². The molecule has 3 nitrogen and oxygen atoms in total. The molecular formula is C22H28N2O. The standard InChI is InChI=1S/C22H28N2O/c1-2-24-21(25)19-5-3-4-6-20(19)22(24)9-11-23(12-10-22)15-18-14-16-7-8-17(18)13-16/h3-8,16-18H,2,9-15H2,1H3. The Morgan fingerprint density at radius 2 is 1.92 bits per heavy atom. The summed E-state index contributed by atoms with van der Waals surface area (Å²) in [5, 5.41) is 0. The summed E-state index contributed by atoms with van der Waals surface area (Å²) in [6.07, 6.45) is 9.86. The van der Waals surface area contributed by atoms with Crippen LogP contribution in [-0.4, -0.2) is 41.9 Å². The Balaban J connectivity index is 1.33. The van der Waals surface area contributed by atoms with Gasteiger partial charge in [0.15, 0.2) is 0 Å². The highest BCUT2D eigenvalue weighted by Crippen LogP contribution is 2.47. The van der Waals surface area contributed by atoms with Crippen molar-refractivity contribution < 1.29 is 4.79 Å². The molecule has 1 spiro atoms. The lowest BCUT2D eigenvalue weighted by atomic mass is 9.80. The van der Waals surface area contributed by atoms with E-state index in [9.17, 15) is 4.79 Å². The summed E-state index contributed by atoms with van der Waals surface area (Å²) in [5.41, 5.74) is 2.17. The largest absolute Gasteiger partial charge is 0.329 e. The number of benzene rings is 1. The van der Waals surface area contributed by atoms with Crippen molar-refractivity contribution in [3.05, 3.63) is 47.5 Å². The Morgan fingerprint density at radius 1 is 1.12 bits per heavy atom. The third kappa shape index (κ3) is 2.25. The second-order valence-corrected chi connectivity index (χ2v) is 8.47. The highest BCUT2D eigenvalue weighted by atomic mass is 16.2. The summed E-state index contributed by atoms with van der Waals surface area (Å²) in [6, 6.07) is 8.31. The zero-order chi connectivity index (χ0) is 17.0. The van der Waals surface area contributed by atoms with E-state index in [1.807, 2.05) is 12.1 Å². The minimum absolute atomic E-state index is 0.0481. The molecule has 3 heteroatoms. The van der Waals surface area contributed by atoms with Crippen LogP contribution in [0.25, 0.3) is 0 Å². The molecule has 2 heterocycles. The highest BCUT2D eigenvalue weighted by molar-refractivity contribution is 6.00. The van der Waals surface area contributed by atoms with E-state index < -0.39 is 0 Å². The lowest BCUT2D eigenvalue weighted by Gasteiger charge is -2.46. The maximum Gasteiger partial charge on any atom is 0.254 e. The molecule has 25 heavy (non-hydrogen) atoms. The van der Waals surface area contributed by atoms with Crippen molar-refractivity contribution in [2.45, 2.75) is 38.1 Å². The van der Waals surface area contributed by atoms with E-state index in [2.05, 4.69) is 41.0 Å². The quantitative estimate of drug-likeness (QED) is 0.787. The Labute approximate surface area is 150 Å². The van der Waals surface area contributed by atoms with Crippen molar-refractivity contribution in [3.8, 4) is 0 Å². The topological polar surface area (TPSA) is 23.6 Å². The van der Waals surface area contributed by atoms with Crippen LogP contribution in [-0.2, 0) is 5.54 Å². The van der Waals surface area contributed by atoms with E-state index >= 15 is 0 Å². The summed E-state index contributed by atoms with van der Waals surface area (Å²) in [7, 11) is 0. The highest BCUT2D eigenvalue weighted by Gasteiger charge is 2.50. The van der Waals surface area contributed by atoms with E-state index in [1.54, 1.807) is 0 Å². The average molecular weight is 336 g/mol. The summed E-state index contributed by atoms with van der Waals surface area (Å²) in [4.78, 5) is 17.7. The van der Waals surface area contributed by atoms with Gasteiger partial charge in [-0.05, 0) is 62.0 Å². The summed E-state index contributed by atoms with van der Waals surface area (Å²) in [5.74, 6) is 2.80. The molecular weight excluding hydrogens is 308 g/mol. The van der Waals surface area contributed by atoms with Gasteiger partial charge >= 0.3 is 0 Å². The molecule has 1 aromatic rings. The van der Waals surface area contributed by atoms with Crippen LogP contribution in [0, 0.1) is 17.8 Å².